The van der Waals surface area contributed by atoms with Crippen LogP contribution in [0.5, 0.6) is 0 Å². The largest absolute Gasteiger partial charge is 0.349 e. The van der Waals surface area contributed by atoms with Crippen molar-refractivity contribution in [1.29, 1.82) is 0 Å². The predicted octanol–water partition coefficient (Wildman–Crippen LogP) is 2.40. The topological polar surface area (TPSA) is 81.8 Å². The Balaban J connectivity index is 1.90. The molecule has 27 heavy (non-hydrogen) atoms. The molecule has 2 aromatic carbocycles. The second-order valence-electron chi connectivity index (χ2n) is 6.13. The molecule has 1 N–H and O–H groups in total. The molecule has 0 fully saturated rings. The molecule has 134 valence electrons. The number of fused-ring (bicyclic) bond motifs is 1. The first-order valence-corrected chi connectivity index (χ1v) is 8.49. The van der Waals surface area contributed by atoms with Crippen molar-refractivity contribution in [2.24, 2.45) is 0 Å². The van der Waals surface area contributed by atoms with E-state index in [1.54, 1.807) is 10.8 Å². The minimum Gasteiger partial charge on any atom is -0.283 e. The van der Waals surface area contributed by atoms with Crippen LogP contribution in [0.2, 0.25) is 0 Å². The SMILES string of the molecule is CC(=O)Nn1c(=O)n(Cc2ccccc2)c2cnc(-c3ccccc3)nc21. The number of rotatable bonds is 4. The lowest BCUT2D eigenvalue weighted by Gasteiger charge is -2.04. The van der Waals surface area contributed by atoms with Crippen LogP contribution < -0.4 is 11.1 Å². The summed E-state index contributed by atoms with van der Waals surface area (Å²) in [5, 5.41) is 0. The minimum absolute atomic E-state index is 0.351. The van der Waals surface area contributed by atoms with Gasteiger partial charge in [0, 0.05) is 12.5 Å². The molecule has 0 atom stereocenters. The van der Waals surface area contributed by atoms with Crippen molar-refractivity contribution in [3.05, 3.63) is 82.9 Å². The van der Waals surface area contributed by atoms with E-state index in [-0.39, 0.29) is 11.6 Å². The summed E-state index contributed by atoms with van der Waals surface area (Å²) in [6.45, 7) is 1.71. The van der Waals surface area contributed by atoms with E-state index in [2.05, 4.69) is 15.4 Å². The van der Waals surface area contributed by atoms with E-state index < -0.39 is 0 Å². The van der Waals surface area contributed by atoms with Gasteiger partial charge in [0.05, 0.1) is 12.7 Å². The van der Waals surface area contributed by atoms with Gasteiger partial charge in [-0.2, -0.15) is 4.68 Å². The summed E-state index contributed by atoms with van der Waals surface area (Å²) in [6, 6.07) is 19.1. The average molecular weight is 359 g/mol. The summed E-state index contributed by atoms with van der Waals surface area (Å²) in [6.07, 6.45) is 1.62. The molecule has 0 aliphatic heterocycles. The zero-order valence-electron chi connectivity index (χ0n) is 14.7. The highest BCUT2D eigenvalue weighted by Crippen LogP contribution is 2.18. The van der Waals surface area contributed by atoms with Crippen LogP contribution in [0, 0.1) is 0 Å². The Morgan fingerprint density at radius 2 is 1.70 bits per heavy atom. The third kappa shape index (κ3) is 3.22. The van der Waals surface area contributed by atoms with Gasteiger partial charge in [-0.3, -0.25) is 14.8 Å². The molecule has 1 amide bonds. The summed E-state index contributed by atoms with van der Waals surface area (Å²) in [7, 11) is 0. The van der Waals surface area contributed by atoms with Gasteiger partial charge in [0.1, 0.15) is 5.52 Å². The quantitative estimate of drug-likeness (QED) is 0.607. The lowest BCUT2D eigenvalue weighted by Crippen LogP contribution is -2.33. The lowest BCUT2D eigenvalue weighted by molar-refractivity contribution is -0.115. The average Bonchev–Trinajstić information content (AvgIpc) is 2.94. The smallest absolute Gasteiger partial charge is 0.283 e. The maximum absolute atomic E-state index is 12.9. The van der Waals surface area contributed by atoms with E-state index in [0.29, 0.717) is 23.5 Å². The zero-order chi connectivity index (χ0) is 18.8. The number of amides is 1. The van der Waals surface area contributed by atoms with Gasteiger partial charge in [0.15, 0.2) is 11.5 Å². The Bertz CT molecular complexity index is 1160. The summed E-state index contributed by atoms with van der Waals surface area (Å²) in [4.78, 5) is 33.5. The molecule has 0 radical (unpaired) electrons. The fraction of sp³-hybridized carbons (Fsp3) is 0.100. The Morgan fingerprint density at radius 1 is 1.04 bits per heavy atom. The van der Waals surface area contributed by atoms with Crippen molar-refractivity contribution in [2.75, 3.05) is 5.43 Å². The Kier molecular flexibility index (Phi) is 4.25. The van der Waals surface area contributed by atoms with Gasteiger partial charge in [0.2, 0.25) is 5.91 Å². The molecule has 0 aliphatic rings. The van der Waals surface area contributed by atoms with Crippen LogP contribution in [0.1, 0.15) is 12.5 Å². The number of hydrogen-bond acceptors (Lipinski definition) is 4. The minimum atomic E-state index is -0.372. The normalized spacial score (nSPS) is 10.9. The molecule has 2 heterocycles. The standard InChI is InChI=1S/C20H17N5O2/c1-14(26)23-25-19-17(12-21-18(22-19)16-10-6-3-7-11-16)24(20(25)27)13-15-8-4-2-5-9-15/h2-12H,13H2,1H3,(H,23,26). The first kappa shape index (κ1) is 16.7. The molecule has 2 aromatic heterocycles. The van der Waals surface area contributed by atoms with E-state index in [9.17, 15) is 9.59 Å². The van der Waals surface area contributed by atoms with Crippen LogP contribution in [0.25, 0.3) is 22.6 Å². The Hall–Kier alpha value is -3.74. The molecular weight excluding hydrogens is 342 g/mol. The summed E-state index contributed by atoms with van der Waals surface area (Å²) in [5.74, 6) is 0.134. The van der Waals surface area contributed by atoms with Crippen LogP contribution in [-0.2, 0) is 11.3 Å². The second kappa shape index (κ2) is 6.87. The second-order valence-corrected chi connectivity index (χ2v) is 6.13. The number of nitrogens with one attached hydrogen (secondary N) is 1. The molecule has 0 spiro atoms. The maximum Gasteiger partial charge on any atom is 0.349 e. The van der Waals surface area contributed by atoms with Gasteiger partial charge in [-0.25, -0.2) is 14.8 Å². The summed E-state index contributed by atoms with van der Waals surface area (Å²) < 4.78 is 2.73. The molecule has 0 saturated heterocycles. The van der Waals surface area contributed by atoms with Crippen molar-refractivity contribution in [2.45, 2.75) is 13.5 Å². The predicted molar refractivity (Wildman–Crippen MR) is 103 cm³/mol. The number of carbonyl (C=O) groups excluding carboxylic acids is 1. The van der Waals surface area contributed by atoms with Gasteiger partial charge in [0.25, 0.3) is 0 Å². The Labute approximate surface area is 154 Å². The van der Waals surface area contributed by atoms with E-state index in [1.165, 1.54) is 11.6 Å². The summed E-state index contributed by atoms with van der Waals surface area (Å²) in [5.41, 5.74) is 4.89. The molecule has 0 unspecified atom stereocenters. The van der Waals surface area contributed by atoms with E-state index in [1.807, 2.05) is 60.7 Å². The van der Waals surface area contributed by atoms with Crippen molar-refractivity contribution in [3.63, 3.8) is 0 Å². The zero-order valence-corrected chi connectivity index (χ0v) is 14.7. The van der Waals surface area contributed by atoms with Crippen molar-refractivity contribution in [1.82, 2.24) is 19.2 Å². The lowest BCUT2D eigenvalue weighted by atomic mass is 10.2. The molecule has 0 saturated carbocycles. The molecule has 4 aromatic rings. The maximum atomic E-state index is 12.9. The van der Waals surface area contributed by atoms with Crippen LogP contribution >= 0.6 is 0 Å². The van der Waals surface area contributed by atoms with Crippen LogP contribution in [0.15, 0.2) is 71.7 Å². The van der Waals surface area contributed by atoms with Gasteiger partial charge in [-0.1, -0.05) is 60.7 Å². The van der Waals surface area contributed by atoms with E-state index in [0.717, 1.165) is 11.1 Å². The Morgan fingerprint density at radius 3 is 2.37 bits per heavy atom. The van der Waals surface area contributed by atoms with Crippen molar-refractivity contribution >= 4 is 17.1 Å². The fourth-order valence-electron chi connectivity index (χ4n) is 2.94. The van der Waals surface area contributed by atoms with Gasteiger partial charge < -0.3 is 0 Å². The molecule has 0 aliphatic carbocycles. The molecular formula is C20H17N5O2. The molecule has 7 nitrogen and oxygen atoms in total. The summed E-state index contributed by atoms with van der Waals surface area (Å²) >= 11 is 0. The monoisotopic (exact) mass is 359 g/mol. The first-order valence-electron chi connectivity index (χ1n) is 8.49. The fourth-order valence-corrected chi connectivity index (χ4v) is 2.94. The number of nitrogens with zero attached hydrogens (tertiary/aromatic N) is 4. The molecule has 7 heteroatoms. The number of hydrogen-bond donors (Lipinski definition) is 1. The highest BCUT2D eigenvalue weighted by Gasteiger charge is 2.17. The van der Waals surface area contributed by atoms with E-state index in [4.69, 9.17) is 0 Å². The van der Waals surface area contributed by atoms with Crippen molar-refractivity contribution in [3.8, 4) is 11.4 Å². The number of aromatic nitrogens is 4. The van der Waals surface area contributed by atoms with E-state index >= 15 is 0 Å². The molecule has 0 bridgehead atoms. The number of carbonyl (C=O) groups is 1. The van der Waals surface area contributed by atoms with Crippen molar-refractivity contribution < 1.29 is 4.79 Å². The highest BCUT2D eigenvalue weighted by molar-refractivity contribution is 5.83. The third-order valence-electron chi connectivity index (χ3n) is 4.16. The highest BCUT2D eigenvalue weighted by atomic mass is 16.2. The first-order chi connectivity index (χ1) is 13.1. The number of imidazole rings is 1. The van der Waals surface area contributed by atoms with Crippen LogP contribution in [0.4, 0.5) is 0 Å². The van der Waals surface area contributed by atoms with Crippen LogP contribution in [0.3, 0.4) is 0 Å². The van der Waals surface area contributed by atoms with Gasteiger partial charge >= 0.3 is 5.69 Å². The van der Waals surface area contributed by atoms with Gasteiger partial charge in [-0.05, 0) is 5.56 Å². The molecule has 4 rings (SSSR count). The van der Waals surface area contributed by atoms with Gasteiger partial charge in [-0.15, -0.1) is 0 Å². The third-order valence-corrected chi connectivity index (χ3v) is 4.16. The van der Waals surface area contributed by atoms with Crippen LogP contribution in [-0.4, -0.2) is 25.1 Å². The number of benzene rings is 2.